The van der Waals surface area contributed by atoms with Crippen LogP contribution >= 0.6 is 0 Å². The predicted molar refractivity (Wildman–Crippen MR) is 112 cm³/mol. The fourth-order valence-corrected chi connectivity index (χ4v) is 3.17. The van der Waals surface area contributed by atoms with E-state index in [2.05, 4.69) is 13.5 Å². The van der Waals surface area contributed by atoms with Crippen LogP contribution in [0.5, 0.6) is 0 Å². The zero-order valence-corrected chi connectivity index (χ0v) is 18.1. The lowest BCUT2D eigenvalue weighted by atomic mass is 10.1. The molecule has 0 spiro atoms. The van der Waals surface area contributed by atoms with Gasteiger partial charge in [-0.1, -0.05) is 84.1 Å². The molecule has 0 aromatic carbocycles. The summed E-state index contributed by atoms with van der Waals surface area (Å²) >= 11 is 0. The maximum atomic E-state index is 10.8. The number of quaternary nitrogens is 1. The highest BCUT2D eigenvalue weighted by Crippen LogP contribution is 2.12. The van der Waals surface area contributed by atoms with Crippen LogP contribution in [0, 0.1) is 0 Å². The molecule has 0 unspecified atom stereocenters. The van der Waals surface area contributed by atoms with Crippen LogP contribution in [-0.4, -0.2) is 56.1 Å². The fourth-order valence-electron chi connectivity index (χ4n) is 3.17. The maximum absolute atomic E-state index is 10.8. The monoisotopic (exact) mass is 386 g/mol. The molecular formula is C22H44NO4+. The molecule has 5 heteroatoms. The Labute approximate surface area is 167 Å². The SMILES string of the molecule is C=C(C[N+](C)(C)CC(=O)O)OCOCCCCCCCCCCCCCC. The van der Waals surface area contributed by atoms with Gasteiger partial charge >= 0.3 is 5.97 Å². The van der Waals surface area contributed by atoms with Gasteiger partial charge in [0, 0.05) is 0 Å². The van der Waals surface area contributed by atoms with Crippen LogP contribution in [0.25, 0.3) is 0 Å². The van der Waals surface area contributed by atoms with Crippen LogP contribution in [0.3, 0.4) is 0 Å². The molecule has 0 aliphatic heterocycles. The highest BCUT2D eigenvalue weighted by Gasteiger charge is 2.21. The molecule has 27 heavy (non-hydrogen) atoms. The van der Waals surface area contributed by atoms with Crippen LogP contribution in [0.15, 0.2) is 12.3 Å². The van der Waals surface area contributed by atoms with E-state index < -0.39 is 5.97 Å². The van der Waals surface area contributed by atoms with E-state index in [1.165, 1.54) is 70.6 Å². The van der Waals surface area contributed by atoms with Crippen LogP contribution in [0.1, 0.15) is 84.0 Å². The second-order valence-electron chi connectivity index (χ2n) is 8.24. The number of carboxylic acids is 1. The highest BCUT2D eigenvalue weighted by molar-refractivity contribution is 5.67. The van der Waals surface area contributed by atoms with Gasteiger partial charge in [-0.2, -0.15) is 0 Å². The summed E-state index contributed by atoms with van der Waals surface area (Å²) in [7, 11) is 3.69. The number of rotatable bonds is 20. The number of nitrogens with zero attached hydrogens (tertiary/aromatic N) is 1. The number of likely N-dealkylation sites (N-methyl/N-ethyl adjacent to an activating group) is 1. The van der Waals surface area contributed by atoms with E-state index in [1.54, 1.807) is 0 Å². The first-order valence-corrected chi connectivity index (χ1v) is 10.8. The maximum Gasteiger partial charge on any atom is 0.359 e. The van der Waals surface area contributed by atoms with Crippen molar-refractivity contribution < 1.29 is 23.9 Å². The standard InChI is InChI=1S/C22H43NO4/c1-5-6-7-8-9-10-11-12-13-14-15-16-17-26-20-27-21(2)18-23(3,4)19-22(24)25/h2,5-20H2,1,3-4H3/p+1. The lowest BCUT2D eigenvalue weighted by molar-refractivity contribution is -0.879. The first-order valence-electron chi connectivity index (χ1n) is 10.8. The first kappa shape index (κ1) is 25.9. The molecule has 160 valence electrons. The summed E-state index contributed by atoms with van der Waals surface area (Å²) in [6, 6.07) is 0. The number of aliphatic carboxylic acids is 1. The summed E-state index contributed by atoms with van der Waals surface area (Å²) in [6.45, 7) is 7.52. The van der Waals surface area contributed by atoms with E-state index in [4.69, 9.17) is 14.6 Å². The van der Waals surface area contributed by atoms with E-state index in [0.717, 1.165) is 6.42 Å². The molecule has 0 aromatic heterocycles. The summed E-state index contributed by atoms with van der Waals surface area (Å²) in [4.78, 5) is 10.8. The number of carboxylic acid groups (broad SMARTS) is 1. The second kappa shape index (κ2) is 17.1. The van der Waals surface area contributed by atoms with Gasteiger partial charge in [0.05, 0.1) is 20.7 Å². The Morgan fingerprint density at radius 3 is 1.81 bits per heavy atom. The fraction of sp³-hybridized carbons (Fsp3) is 0.864. The molecule has 0 saturated heterocycles. The molecule has 0 atom stereocenters. The van der Waals surface area contributed by atoms with Crippen LogP contribution < -0.4 is 0 Å². The smallest absolute Gasteiger partial charge is 0.359 e. The summed E-state index contributed by atoms with van der Waals surface area (Å²) in [5.74, 6) is -0.257. The first-order chi connectivity index (χ1) is 12.9. The molecule has 0 radical (unpaired) electrons. The molecule has 1 N–H and O–H groups in total. The summed E-state index contributed by atoms with van der Waals surface area (Å²) < 4.78 is 11.2. The van der Waals surface area contributed by atoms with Crippen LogP contribution in [-0.2, 0) is 14.3 Å². The van der Waals surface area contributed by atoms with E-state index in [-0.39, 0.29) is 13.3 Å². The van der Waals surface area contributed by atoms with Gasteiger partial charge in [-0.15, -0.1) is 0 Å². The van der Waals surface area contributed by atoms with Crippen molar-refractivity contribution in [2.45, 2.75) is 84.0 Å². The van der Waals surface area contributed by atoms with Gasteiger partial charge < -0.3 is 19.1 Å². The minimum Gasteiger partial charge on any atom is -0.477 e. The van der Waals surface area contributed by atoms with E-state index in [1.807, 2.05) is 14.1 Å². The Morgan fingerprint density at radius 2 is 1.33 bits per heavy atom. The molecule has 0 aromatic rings. The zero-order chi connectivity index (χ0) is 20.4. The Morgan fingerprint density at radius 1 is 0.852 bits per heavy atom. The van der Waals surface area contributed by atoms with Gasteiger partial charge in [0.25, 0.3) is 0 Å². The molecule has 0 aliphatic rings. The normalized spacial score (nSPS) is 11.5. The molecule has 0 amide bonds. The molecule has 0 bridgehead atoms. The molecule has 0 aliphatic carbocycles. The third kappa shape index (κ3) is 19.5. The van der Waals surface area contributed by atoms with Gasteiger partial charge in [0.15, 0.2) is 13.3 Å². The molecule has 0 heterocycles. The topological polar surface area (TPSA) is 55.8 Å². The average molecular weight is 387 g/mol. The van der Waals surface area contributed by atoms with Crippen molar-refractivity contribution in [1.82, 2.24) is 0 Å². The molecule has 5 nitrogen and oxygen atoms in total. The molecule has 0 rings (SSSR count). The van der Waals surface area contributed by atoms with E-state index in [9.17, 15) is 4.79 Å². The number of hydrogen-bond donors (Lipinski definition) is 1. The number of unbranched alkanes of at least 4 members (excludes halogenated alkanes) is 11. The van der Waals surface area contributed by atoms with Crippen molar-refractivity contribution in [2.75, 3.05) is 40.6 Å². The largest absolute Gasteiger partial charge is 0.477 e. The van der Waals surface area contributed by atoms with Gasteiger partial charge in [-0.05, 0) is 6.42 Å². The summed E-state index contributed by atoms with van der Waals surface area (Å²) in [6.07, 6.45) is 16.0. The Bertz CT molecular complexity index is 383. The molecule has 0 saturated carbocycles. The van der Waals surface area contributed by atoms with Crippen molar-refractivity contribution in [2.24, 2.45) is 0 Å². The van der Waals surface area contributed by atoms with Gasteiger partial charge in [-0.3, -0.25) is 0 Å². The van der Waals surface area contributed by atoms with E-state index in [0.29, 0.717) is 23.4 Å². The van der Waals surface area contributed by atoms with Gasteiger partial charge in [0.2, 0.25) is 0 Å². The second-order valence-corrected chi connectivity index (χ2v) is 8.24. The number of hydrogen-bond acceptors (Lipinski definition) is 3. The quantitative estimate of drug-likeness (QED) is 0.133. The van der Waals surface area contributed by atoms with Crippen molar-refractivity contribution in [3.63, 3.8) is 0 Å². The molecule has 0 fully saturated rings. The number of carbonyl (C=O) groups is 1. The summed E-state index contributed by atoms with van der Waals surface area (Å²) in [5, 5.41) is 8.87. The van der Waals surface area contributed by atoms with Crippen molar-refractivity contribution in [3.8, 4) is 0 Å². The number of ether oxygens (including phenoxy) is 2. The Kier molecular flexibility index (Phi) is 16.4. The van der Waals surface area contributed by atoms with Crippen LogP contribution in [0.2, 0.25) is 0 Å². The van der Waals surface area contributed by atoms with Gasteiger partial charge in [0.1, 0.15) is 12.3 Å². The van der Waals surface area contributed by atoms with Crippen molar-refractivity contribution in [1.29, 1.82) is 0 Å². The Balaban J connectivity index is 3.33. The highest BCUT2D eigenvalue weighted by atomic mass is 16.7. The minimum atomic E-state index is -0.823. The van der Waals surface area contributed by atoms with Crippen molar-refractivity contribution in [3.05, 3.63) is 12.3 Å². The lowest BCUT2D eigenvalue weighted by Crippen LogP contribution is -2.45. The lowest BCUT2D eigenvalue weighted by Gasteiger charge is -2.28. The summed E-state index contributed by atoms with van der Waals surface area (Å²) in [5.41, 5.74) is 0. The molecular weight excluding hydrogens is 342 g/mol. The Hall–Kier alpha value is -1.07. The van der Waals surface area contributed by atoms with E-state index >= 15 is 0 Å². The van der Waals surface area contributed by atoms with Gasteiger partial charge in [-0.25, -0.2) is 4.79 Å². The average Bonchev–Trinajstić information content (AvgIpc) is 2.56. The minimum absolute atomic E-state index is 0.0437. The van der Waals surface area contributed by atoms with Crippen molar-refractivity contribution >= 4 is 5.97 Å². The van der Waals surface area contributed by atoms with Crippen LogP contribution in [0.4, 0.5) is 0 Å². The third-order valence-corrected chi connectivity index (χ3v) is 4.66. The zero-order valence-electron chi connectivity index (χ0n) is 18.1. The third-order valence-electron chi connectivity index (χ3n) is 4.66. The predicted octanol–water partition coefficient (Wildman–Crippen LogP) is 5.35.